The Kier molecular flexibility index (Phi) is 3.02. The quantitative estimate of drug-likeness (QED) is 0.539. The minimum Gasteiger partial charge on any atom is -0.270 e. The highest BCUT2D eigenvalue weighted by Crippen LogP contribution is 2.14. The smallest absolute Gasteiger partial charge is 0.192 e. The first-order valence-electron chi connectivity index (χ1n) is 3.80. The van der Waals surface area contributed by atoms with E-state index in [1.54, 1.807) is 31.2 Å². The predicted molar refractivity (Wildman–Crippen MR) is 50.6 cm³/mol. The summed E-state index contributed by atoms with van der Waals surface area (Å²) in [7, 11) is -3.28. The number of hydrazine groups is 1. The number of sulfone groups is 1. The maximum Gasteiger partial charge on any atom is 0.192 e. The van der Waals surface area contributed by atoms with E-state index in [1.165, 1.54) is 0 Å². The van der Waals surface area contributed by atoms with Crippen LogP contribution in [0.25, 0.3) is 0 Å². The zero-order valence-corrected chi connectivity index (χ0v) is 8.14. The number of nitrogens with two attached hydrogens (primary N) is 1. The normalized spacial score (nSPS) is 11.5. The van der Waals surface area contributed by atoms with E-state index < -0.39 is 9.84 Å². The number of benzene rings is 1. The molecular formula is C8H12N2O2S. The molecule has 0 spiro atoms. The van der Waals surface area contributed by atoms with Crippen molar-refractivity contribution in [3.8, 4) is 0 Å². The average Bonchev–Trinajstić information content (AvgIpc) is 2.04. The Bertz CT molecular complexity index is 387. The maximum atomic E-state index is 11.5. The van der Waals surface area contributed by atoms with Gasteiger partial charge in [-0.1, -0.05) is 18.2 Å². The van der Waals surface area contributed by atoms with E-state index in [1.807, 2.05) is 0 Å². The van der Waals surface area contributed by atoms with Gasteiger partial charge in [-0.2, -0.15) is 0 Å². The van der Waals surface area contributed by atoms with Crippen LogP contribution < -0.4 is 11.3 Å². The zero-order valence-electron chi connectivity index (χ0n) is 7.32. The van der Waals surface area contributed by atoms with Crippen molar-refractivity contribution in [3.05, 3.63) is 29.8 Å². The van der Waals surface area contributed by atoms with Crippen molar-refractivity contribution >= 4 is 9.84 Å². The highest BCUT2D eigenvalue weighted by molar-refractivity contribution is 7.91. The molecule has 0 saturated carbocycles. The summed E-state index contributed by atoms with van der Waals surface area (Å²) in [4.78, 5) is 0.327. The van der Waals surface area contributed by atoms with Crippen molar-refractivity contribution in [2.24, 2.45) is 5.84 Å². The lowest BCUT2D eigenvalue weighted by molar-refractivity contribution is 0.588. The van der Waals surface area contributed by atoms with Crippen LogP contribution in [0.5, 0.6) is 0 Å². The molecule has 0 bridgehead atoms. The van der Waals surface area contributed by atoms with E-state index >= 15 is 0 Å². The van der Waals surface area contributed by atoms with Gasteiger partial charge in [-0.3, -0.25) is 5.84 Å². The van der Waals surface area contributed by atoms with Crippen LogP contribution in [0.3, 0.4) is 0 Å². The predicted octanol–water partition coefficient (Wildman–Crippen LogP) is 0.190. The van der Waals surface area contributed by atoms with E-state index in [-0.39, 0.29) is 5.88 Å². The van der Waals surface area contributed by atoms with Crippen molar-refractivity contribution < 1.29 is 8.42 Å². The second-order valence-corrected chi connectivity index (χ2v) is 4.69. The summed E-state index contributed by atoms with van der Waals surface area (Å²) < 4.78 is 23.0. The van der Waals surface area contributed by atoms with Crippen molar-refractivity contribution in [2.75, 3.05) is 5.88 Å². The molecule has 0 saturated heterocycles. The van der Waals surface area contributed by atoms with Gasteiger partial charge in [-0.15, -0.1) is 0 Å². The van der Waals surface area contributed by atoms with E-state index in [4.69, 9.17) is 5.84 Å². The summed E-state index contributed by atoms with van der Waals surface area (Å²) in [6, 6.07) is 6.81. The number of hydrogen-bond donors (Lipinski definition) is 2. The maximum absolute atomic E-state index is 11.5. The lowest BCUT2D eigenvalue weighted by Crippen LogP contribution is -2.29. The van der Waals surface area contributed by atoms with E-state index in [0.717, 1.165) is 5.56 Å². The molecule has 5 heteroatoms. The molecule has 0 aliphatic carbocycles. The number of aryl methyl sites for hydroxylation is 1. The van der Waals surface area contributed by atoms with Gasteiger partial charge in [0.05, 0.1) is 4.90 Å². The molecule has 0 atom stereocenters. The van der Waals surface area contributed by atoms with Crippen LogP contribution in [0.1, 0.15) is 5.56 Å². The fourth-order valence-electron chi connectivity index (χ4n) is 1.09. The molecule has 3 N–H and O–H groups in total. The lowest BCUT2D eigenvalue weighted by Gasteiger charge is -2.05. The van der Waals surface area contributed by atoms with Gasteiger partial charge in [0.1, 0.15) is 5.88 Å². The fraction of sp³-hybridized carbons (Fsp3) is 0.250. The van der Waals surface area contributed by atoms with Gasteiger partial charge in [-0.25, -0.2) is 13.8 Å². The second kappa shape index (κ2) is 3.87. The van der Waals surface area contributed by atoms with Crippen LogP contribution in [0.2, 0.25) is 0 Å². The van der Waals surface area contributed by atoms with Gasteiger partial charge in [0, 0.05) is 0 Å². The first-order valence-corrected chi connectivity index (χ1v) is 5.45. The molecule has 1 aromatic carbocycles. The Hall–Kier alpha value is -0.910. The average molecular weight is 200 g/mol. The topological polar surface area (TPSA) is 72.2 Å². The first-order chi connectivity index (χ1) is 6.08. The number of nitrogens with one attached hydrogen (secondary N) is 1. The third-order valence-corrected chi connectivity index (χ3v) is 3.38. The van der Waals surface area contributed by atoms with Gasteiger partial charge in [0.25, 0.3) is 0 Å². The van der Waals surface area contributed by atoms with Crippen LogP contribution in [0.15, 0.2) is 29.2 Å². The third-order valence-electron chi connectivity index (χ3n) is 1.70. The zero-order chi connectivity index (χ0) is 9.90. The Morgan fingerprint density at radius 1 is 1.38 bits per heavy atom. The Morgan fingerprint density at radius 3 is 2.54 bits per heavy atom. The van der Waals surface area contributed by atoms with Crippen LogP contribution in [-0.4, -0.2) is 14.3 Å². The molecule has 0 fully saturated rings. The van der Waals surface area contributed by atoms with Crippen molar-refractivity contribution in [1.82, 2.24) is 5.43 Å². The Balaban J connectivity index is 3.15. The molecule has 4 nitrogen and oxygen atoms in total. The second-order valence-electron chi connectivity index (χ2n) is 2.73. The van der Waals surface area contributed by atoms with Gasteiger partial charge in [0.2, 0.25) is 0 Å². The first kappa shape index (κ1) is 10.2. The number of rotatable bonds is 3. The van der Waals surface area contributed by atoms with Gasteiger partial charge < -0.3 is 0 Å². The highest BCUT2D eigenvalue weighted by Gasteiger charge is 2.14. The molecule has 1 aromatic rings. The molecule has 0 aromatic heterocycles. The molecule has 0 heterocycles. The van der Waals surface area contributed by atoms with Gasteiger partial charge >= 0.3 is 0 Å². The largest absolute Gasteiger partial charge is 0.270 e. The number of hydrogen-bond acceptors (Lipinski definition) is 4. The molecule has 13 heavy (non-hydrogen) atoms. The van der Waals surface area contributed by atoms with Crippen molar-refractivity contribution in [1.29, 1.82) is 0 Å². The summed E-state index contributed by atoms with van der Waals surface area (Å²) in [6.45, 7) is 1.75. The SMILES string of the molecule is Cc1ccccc1S(=O)(=O)CNN. The molecule has 0 radical (unpaired) electrons. The van der Waals surface area contributed by atoms with Gasteiger partial charge in [0.15, 0.2) is 9.84 Å². The Labute approximate surface area is 77.6 Å². The lowest BCUT2D eigenvalue weighted by atomic mass is 10.2. The van der Waals surface area contributed by atoms with Crippen molar-refractivity contribution in [2.45, 2.75) is 11.8 Å². The summed E-state index contributed by atoms with van der Waals surface area (Å²) in [5.74, 6) is 4.73. The summed E-state index contributed by atoms with van der Waals surface area (Å²) in [5.41, 5.74) is 2.88. The highest BCUT2D eigenvalue weighted by atomic mass is 32.2. The molecule has 1 rings (SSSR count). The monoisotopic (exact) mass is 200 g/mol. The molecule has 72 valence electrons. The summed E-state index contributed by atoms with van der Waals surface area (Å²) >= 11 is 0. The Morgan fingerprint density at radius 2 is 2.00 bits per heavy atom. The van der Waals surface area contributed by atoms with Crippen LogP contribution >= 0.6 is 0 Å². The minimum atomic E-state index is -3.28. The fourth-order valence-corrected chi connectivity index (χ4v) is 2.31. The van der Waals surface area contributed by atoms with Crippen molar-refractivity contribution in [3.63, 3.8) is 0 Å². The van der Waals surface area contributed by atoms with E-state index in [9.17, 15) is 8.42 Å². The molecule has 0 aliphatic rings. The van der Waals surface area contributed by atoms with E-state index in [2.05, 4.69) is 5.43 Å². The minimum absolute atomic E-state index is 0.238. The van der Waals surface area contributed by atoms with E-state index in [0.29, 0.717) is 4.90 Å². The van der Waals surface area contributed by atoms with Crippen LogP contribution in [-0.2, 0) is 9.84 Å². The molecule has 0 amide bonds. The standard InChI is InChI=1S/C8H12N2O2S/c1-7-4-2-3-5-8(7)13(11,12)6-10-9/h2-5,10H,6,9H2,1H3. The van der Waals surface area contributed by atoms with Crippen LogP contribution in [0.4, 0.5) is 0 Å². The third kappa shape index (κ3) is 2.27. The summed E-state index contributed by atoms with van der Waals surface area (Å²) in [6.07, 6.45) is 0. The van der Waals surface area contributed by atoms with Gasteiger partial charge in [-0.05, 0) is 18.6 Å². The molecule has 0 aliphatic heterocycles. The summed E-state index contributed by atoms with van der Waals surface area (Å²) in [5, 5.41) is 0. The molecular weight excluding hydrogens is 188 g/mol. The molecule has 0 unspecified atom stereocenters. The van der Waals surface area contributed by atoms with Crippen LogP contribution in [0, 0.1) is 6.92 Å².